The van der Waals surface area contributed by atoms with E-state index in [2.05, 4.69) is 38.1 Å². The van der Waals surface area contributed by atoms with Crippen molar-refractivity contribution in [3.63, 3.8) is 0 Å². The predicted molar refractivity (Wildman–Crippen MR) is 123 cm³/mol. The average Bonchev–Trinajstić information content (AvgIpc) is 3.26. The Balaban J connectivity index is 1.13. The van der Waals surface area contributed by atoms with Crippen molar-refractivity contribution < 1.29 is 4.79 Å². The van der Waals surface area contributed by atoms with Gasteiger partial charge >= 0.3 is 6.03 Å². The van der Waals surface area contributed by atoms with Gasteiger partial charge < -0.3 is 10.2 Å². The Hall–Kier alpha value is -2.89. The van der Waals surface area contributed by atoms with Crippen LogP contribution in [0.5, 0.6) is 0 Å². The van der Waals surface area contributed by atoms with Crippen molar-refractivity contribution in [3.8, 4) is 11.3 Å². The summed E-state index contributed by atoms with van der Waals surface area (Å²) in [4.78, 5) is 19.9. The number of hydrogen-bond donors (Lipinski definition) is 1. The minimum Gasteiger partial charge on any atom is -0.332 e. The lowest BCUT2D eigenvalue weighted by atomic mass is 9.73. The van der Waals surface area contributed by atoms with Crippen LogP contribution in [0.3, 0.4) is 0 Å². The van der Waals surface area contributed by atoms with Gasteiger partial charge in [0.15, 0.2) is 0 Å². The number of pyridine rings is 1. The molecule has 3 aromatic rings. The number of nitrogens with one attached hydrogen (secondary N) is 1. The number of aromatic nitrogens is 3. The van der Waals surface area contributed by atoms with E-state index in [0.717, 1.165) is 73.4 Å². The molecule has 32 heavy (non-hydrogen) atoms. The van der Waals surface area contributed by atoms with Crippen LogP contribution in [0, 0.1) is 5.92 Å². The zero-order valence-corrected chi connectivity index (χ0v) is 18.4. The third-order valence-corrected chi connectivity index (χ3v) is 8.61. The Kier molecular flexibility index (Phi) is 3.83. The van der Waals surface area contributed by atoms with Gasteiger partial charge in [0, 0.05) is 53.4 Å². The van der Waals surface area contributed by atoms with Gasteiger partial charge in [-0.1, -0.05) is 18.2 Å². The van der Waals surface area contributed by atoms with Crippen LogP contribution in [0.2, 0.25) is 0 Å². The second kappa shape index (κ2) is 6.56. The Bertz CT molecular complexity index is 1220. The van der Waals surface area contributed by atoms with E-state index in [1.54, 1.807) is 0 Å². The highest BCUT2D eigenvalue weighted by Crippen LogP contribution is 2.50. The highest BCUT2D eigenvalue weighted by molar-refractivity contribution is 5.83. The number of hydrogen-bond acceptors (Lipinski definition) is 3. The van der Waals surface area contributed by atoms with Gasteiger partial charge in [-0.05, 0) is 69.1 Å². The fourth-order valence-corrected chi connectivity index (χ4v) is 6.39. The van der Waals surface area contributed by atoms with Crippen LogP contribution in [0.1, 0.15) is 50.6 Å². The van der Waals surface area contributed by atoms with Crippen LogP contribution >= 0.6 is 0 Å². The van der Waals surface area contributed by atoms with Gasteiger partial charge in [0.05, 0.1) is 11.2 Å². The SMILES string of the molecule is O=C(NC1(C2CC2)CCC1)N1CCC2(CCn3nc(-c4cnc5ccccc5c4)cc32)C1. The monoisotopic (exact) mass is 427 g/mol. The summed E-state index contributed by atoms with van der Waals surface area (Å²) < 4.78 is 2.17. The largest absolute Gasteiger partial charge is 0.332 e. The van der Waals surface area contributed by atoms with E-state index in [1.807, 2.05) is 24.4 Å². The highest BCUT2D eigenvalue weighted by Gasteiger charge is 2.52. The Labute approximate surface area is 188 Å². The van der Waals surface area contributed by atoms with Crippen molar-refractivity contribution in [3.05, 3.63) is 48.3 Å². The van der Waals surface area contributed by atoms with E-state index >= 15 is 0 Å². The lowest BCUT2D eigenvalue weighted by molar-refractivity contribution is 0.137. The van der Waals surface area contributed by atoms with E-state index in [-0.39, 0.29) is 17.0 Å². The molecule has 1 saturated heterocycles. The van der Waals surface area contributed by atoms with Crippen LogP contribution in [-0.4, -0.2) is 44.3 Å². The Morgan fingerprint density at radius 2 is 1.91 bits per heavy atom. The van der Waals surface area contributed by atoms with Gasteiger partial charge in [0.25, 0.3) is 0 Å². The first kappa shape index (κ1) is 18.7. The molecule has 0 bridgehead atoms. The number of aryl methyl sites for hydroxylation is 1. The Morgan fingerprint density at radius 3 is 2.72 bits per heavy atom. The minimum absolute atomic E-state index is 0.0409. The van der Waals surface area contributed by atoms with Gasteiger partial charge in [-0.25, -0.2) is 4.79 Å². The quantitative estimate of drug-likeness (QED) is 0.670. The summed E-state index contributed by atoms with van der Waals surface area (Å²) in [5.41, 5.74) is 4.50. The number of fused-ring (bicyclic) bond motifs is 3. The first-order chi connectivity index (χ1) is 15.6. The van der Waals surface area contributed by atoms with E-state index in [1.165, 1.54) is 25.0 Å². The Morgan fingerprint density at radius 1 is 1.06 bits per heavy atom. The molecule has 2 amide bonds. The molecule has 1 spiro atoms. The molecule has 6 nitrogen and oxygen atoms in total. The third kappa shape index (κ3) is 2.74. The molecule has 1 N–H and O–H groups in total. The minimum atomic E-state index is 0.0409. The van der Waals surface area contributed by atoms with Crippen molar-refractivity contribution in [2.45, 2.75) is 62.4 Å². The molecule has 1 atom stereocenters. The van der Waals surface area contributed by atoms with Crippen LogP contribution in [0.25, 0.3) is 22.2 Å². The molecule has 4 heterocycles. The summed E-state index contributed by atoms with van der Waals surface area (Å²) in [5.74, 6) is 0.725. The van der Waals surface area contributed by atoms with Crippen LogP contribution in [0.15, 0.2) is 42.6 Å². The number of carbonyl (C=O) groups excluding carboxylic acids is 1. The van der Waals surface area contributed by atoms with Crippen LogP contribution < -0.4 is 5.32 Å². The van der Waals surface area contributed by atoms with Crippen molar-refractivity contribution >= 4 is 16.9 Å². The number of nitrogens with zero attached hydrogens (tertiary/aromatic N) is 4. The van der Waals surface area contributed by atoms with Gasteiger partial charge in [-0.3, -0.25) is 9.67 Å². The fourth-order valence-electron chi connectivity index (χ4n) is 6.39. The molecule has 3 fully saturated rings. The summed E-state index contributed by atoms with van der Waals surface area (Å²) in [5, 5.41) is 9.53. The molecule has 2 saturated carbocycles. The van der Waals surface area contributed by atoms with Crippen molar-refractivity contribution in [1.82, 2.24) is 25.0 Å². The van der Waals surface area contributed by atoms with Crippen molar-refractivity contribution in [1.29, 1.82) is 0 Å². The van der Waals surface area contributed by atoms with E-state index < -0.39 is 0 Å². The maximum absolute atomic E-state index is 13.2. The van der Waals surface area contributed by atoms with Gasteiger partial charge in [0.2, 0.25) is 0 Å². The lowest BCUT2D eigenvalue weighted by Crippen LogP contribution is -2.58. The molecule has 0 radical (unpaired) electrons. The zero-order valence-electron chi connectivity index (χ0n) is 18.4. The summed E-state index contributed by atoms with van der Waals surface area (Å²) >= 11 is 0. The molecule has 2 aromatic heterocycles. The molecule has 2 aliphatic heterocycles. The van der Waals surface area contributed by atoms with Crippen molar-refractivity contribution in [2.75, 3.05) is 13.1 Å². The van der Waals surface area contributed by atoms with E-state index in [9.17, 15) is 4.79 Å². The standard InChI is InChI=1S/C26H29N5O/c32-24(28-26(8-3-9-26)20-6-7-20)30-12-10-25(17-30)11-13-31-23(25)15-22(29-31)19-14-18-4-1-2-5-21(18)27-16-19/h1-2,4-5,14-16,20H,3,6-13,17H2,(H,28,32). The van der Waals surface area contributed by atoms with Crippen molar-refractivity contribution in [2.24, 2.45) is 5.92 Å². The number of likely N-dealkylation sites (tertiary alicyclic amines) is 1. The predicted octanol–water partition coefficient (Wildman–Crippen LogP) is 4.49. The number of amides is 2. The molecule has 1 aromatic carbocycles. The first-order valence-electron chi connectivity index (χ1n) is 12.1. The fraction of sp³-hybridized carbons (Fsp3) is 0.500. The number of carbonyl (C=O) groups is 1. The maximum atomic E-state index is 13.2. The normalized spacial score (nSPS) is 25.8. The molecular formula is C26H29N5O. The molecule has 4 aliphatic rings. The topological polar surface area (TPSA) is 63.1 Å². The number of urea groups is 1. The van der Waals surface area contributed by atoms with Gasteiger partial charge in [-0.2, -0.15) is 5.10 Å². The smallest absolute Gasteiger partial charge is 0.317 e. The van der Waals surface area contributed by atoms with E-state index in [4.69, 9.17) is 5.10 Å². The maximum Gasteiger partial charge on any atom is 0.317 e. The number of para-hydroxylation sites is 1. The zero-order chi connectivity index (χ0) is 21.3. The molecule has 7 rings (SSSR count). The summed E-state index contributed by atoms with van der Waals surface area (Å²) in [6, 6.07) is 12.8. The summed E-state index contributed by atoms with van der Waals surface area (Å²) in [6.07, 6.45) is 10.2. The lowest BCUT2D eigenvalue weighted by Gasteiger charge is -2.44. The highest BCUT2D eigenvalue weighted by atomic mass is 16.2. The average molecular weight is 428 g/mol. The molecule has 1 unspecified atom stereocenters. The molecule has 6 heteroatoms. The van der Waals surface area contributed by atoms with Crippen LogP contribution in [-0.2, 0) is 12.0 Å². The van der Waals surface area contributed by atoms with Gasteiger partial charge in [-0.15, -0.1) is 0 Å². The molecule has 164 valence electrons. The number of benzene rings is 1. The second-order valence-electron chi connectivity index (χ2n) is 10.5. The first-order valence-corrected chi connectivity index (χ1v) is 12.1. The number of rotatable bonds is 3. The molecular weight excluding hydrogens is 398 g/mol. The second-order valence-corrected chi connectivity index (χ2v) is 10.5. The van der Waals surface area contributed by atoms with Gasteiger partial charge in [0.1, 0.15) is 0 Å². The van der Waals surface area contributed by atoms with E-state index in [0.29, 0.717) is 0 Å². The third-order valence-electron chi connectivity index (χ3n) is 8.61. The summed E-state index contributed by atoms with van der Waals surface area (Å²) in [6.45, 7) is 2.57. The summed E-state index contributed by atoms with van der Waals surface area (Å²) in [7, 11) is 0. The molecule has 2 aliphatic carbocycles. The van der Waals surface area contributed by atoms with Crippen LogP contribution in [0.4, 0.5) is 4.79 Å².